The zero-order chi connectivity index (χ0) is 40.7. The number of piperidine rings is 1. The lowest BCUT2D eigenvalue weighted by Gasteiger charge is -2.51. The van der Waals surface area contributed by atoms with Crippen molar-refractivity contribution >= 4 is 29.7 Å². The van der Waals surface area contributed by atoms with E-state index in [-0.39, 0.29) is 60.2 Å². The van der Waals surface area contributed by atoms with E-state index in [1.54, 1.807) is 14.0 Å². The maximum atomic E-state index is 14.0. The number of rotatable bonds is 12. The number of carbonyl (C=O) groups excluding carboxylic acids is 3. The molecule has 13 nitrogen and oxygen atoms in total. The number of likely N-dealkylation sites (tertiary alicyclic amines) is 1. The molecule has 0 unspecified atom stereocenters. The second kappa shape index (κ2) is 16.7. The lowest BCUT2D eigenvalue weighted by Crippen LogP contribution is -2.59. The molecule has 13 heteroatoms. The molecule has 58 heavy (non-hydrogen) atoms. The number of carbonyl (C=O) groups is 3. The number of nitrogens with zero attached hydrogens (tertiary/aromatic N) is 2. The predicted molar refractivity (Wildman–Crippen MR) is 212 cm³/mol. The molecule has 4 aliphatic heterocycles. The molecule has 8 rings (SSSR count). The van der Waals surface area contributed by atoms with Crippen molar-refractivity contribution in [1.82, 2.24) is 4.90 Å². The van der Waals surface area contributed by atoms with Crippen molar-refractivity contribution in [1.29, 1.82) is 0 Å². The van der Waals surface area contributed by atoms with Gasteiger partial charge in [0.15, 0.2) is 6.29 Å². The Morgan fingerprint density at radius 2 is 1.98 bits per heavy atom. The van der Waals surface area contributed by atoms with Crippen molar-refractivity contribution in [3.63, 3.8) is 0 Å². The van der Waals surface area contributed by atoms with Crippen LogP contribution in [0.2, 0.25) is 0 Å². The van der Waals surface area contributed by atoms with E-state index >= 15 is 0 Å². The Morgan fingerprint density at radius 3 is 2.72 bits per heavy atom. The maximum Gasteiger partial charge on any atom is 0.375 e. The molecular weight excluding hydrogens is 744 g/mol. The molecule has 4 heterocycles. The molecule has 2 aromatic carbocycles. The van der Waals surface area contributed by atoms with Gasteiger partial charge < -0.3 is 43.9 Å². The van der Waals surface area contributed by atoms with E-state index in [1.807, 2.05) is 24.3 Å². The van der Waals surface area contributed by atoms with Crippen LogP contribution in [0, 0.1) is 17.8 Å². The molecule has 0 aromatic heterocycles. The molecule has 2 saturated carbocycles. The second-order valence-electron chi connectivity index (χ2n) is 16.4. The third-order valence-corrected chi connectivity index (χ3v) is 13.4. The van der Waals surface area contributed by atoms with Gasteiger partial charge in [0, 0.05) is 56.2 Å². The third kappa shape index (κ3) is 6.88. The minimum absolute atomic E-state index is 0.00252. The molecule has 0 radical (unpaired) electrons. The molecule has 310 valence electrons. The van der Waals surface area contributed by atoms with Crippen LogP contribution in [-0.4, -0.2) is 110 Å². The largest absolute Gasteiger partial charge is 0.496 e. The number of ether oxygens (including phenoxy) is 5. The Labute approximate surface area is 338 Å². The first-order chi connectivity index (χ1) is 28.2. The Kier molecular flexibility index (Phi) is 11.6. The van der Waals surface area contributed by atoms with Gasteiger partial charge in [-0.2, -0.15) is 0 Å². The number of aliphatic hydroxyl groups is 3. The van der Waals surface area contributed by atoms with Gasteiger partial charge >= 0.3 is 5.97 Å². The quantitative estimate of drug-likeness (QED) is 0.163. The number of Topliss-reactive ketones (excluding diaryl/α,β-unsaturated/α-hetero) is 1. The number of allylic oxidation sites excluding steroid dienone is 3. The number of aldehydes is 1. The molecule has 2 aromatic rings. The summed E-state index contributed by atoms with van der Waals surface area (Å²) >= 11 is 0. The van der Waals surface area contributed by atoms with Gasteiger partial charge in [0.2, 0.25) is 5.76 Å². The fourth-order valence-electron chi connectivity index (χ4n) is 10.7. The van der Waals surface area contributed by atoms with Gasteiger partial charge in [-0.15, -0.1) is 0 Å². The second-order valence-corrected chi connectivity index (χ2v) is 16.4. The summed E-state index contributed by atoms with van der Waals surface area (Å²) in [4.78, 5) is 47.9. The van der Waals surface area contributed by atoms with Crippen LogP contribution in [-0.2, 0) is 36.9 Å². The van der Waals surface area contributed by atoms with Gasteiger partial charge in [-0.1, -0.05) is 24.1 Å². The van der Waals surface area contributed by atoms with Gasteiger partial charge in [0.05, 0.1) is 55.5 Å². The molecule has 6 aliphatic rings. The zero-order valence-electron chi connectivity index (χ0n) is 33.6. The average molecular weight is 799 g/mol. The molecule has 1 saturated heterocycles. The fraction of sp³-hybridized carbons (Fsp3) is 0.556. The highest BCUT2D eigenvalue weighted by Crippen LogP contribution is 2.58. The first-order valence-electron chi connectivity index (χ1n) is 20.7. The summed E-state index contributed by atoms with van der Waals surface area (Å²) in [7, 11) is 3.23. The monoisotopic (exact) mass is 798 g/mol. The van der Waals surface area contributed by atoms with E-state index in [4.69, 9.17) is 23.7 Å². The van der Waals surface area contributed by atoms with Gasteiger partial charge in [0.25, 0.3) is 0 Å². The van der Waals surface area contributed by atoms with Gasteiger partial charge in [-0.05, 0) is 86.7 Å². The highest BCUT2D eigenvalue weighted by molar-refractivity contribution is 6.11. The van der Waals surface area contributed by atoms with Crippen LogP contribution in [0.15, 0.2) is 40.1 Å². The van der Waals surface area contributed by atoms with E-state index in [9.17, 15) is 29.7 Å². The van der Waals surface area contributed by atoms with Crippen LogP contribution >= 0.6 is 0 Å². The summed E-state index contributed by atoms with van der Waals surface area (Å²) in [5.74, 6) is -1.77. The molecule has 3 N–H and O–H groups in total. The van der Waals surface area contributed by atoms with Crippen LogP contribution in [0.25, 0.3) is 11.6 Å². The van der Waals surface area contributed by atoms with Crippen molar-refractivity contribution in [2.24, 2.45) is 22.7 Å². The van der Waals surface area contributed by atoms with Crippen molar-refractivity contribution in [2.45, 2.75) is 82.5 Å². The smallest absolute Gasteiger partial charge is 0.375 e. The Morgan fingerprint density at radius 1 is 1.14 bits per heavy atom. The van der Waals surface area contributed by atoms with E-state index in [0.717, 1.165) is 61.5 Å². The van der Waals surface area contributed by atoms with Crippen LogP contribution in [0.3, 0.4) is 0 Å². The molecular formula is C45H54N2O11. The van der Waals surface area contributed by atoms with Crippen LogP contribution in [0.4, 0.5) is 0 Å². The Balaban J connectivity index is 1.25. The first-order valence-corrected chi connectivity index (χ1v) is 20.7. The number of ketones is 1. The summed E-state index contributed by atoms with van der Waals surface area (Å²) in [6.07, 6.45) is 6.68. The van der Waals surface area contributed by atoms with Crippen LogP contribution < -0.4 is 24.8 Å². The number of hydrogen-bond donors (Lipinski definition) is 3. The minimum atomic E-state index is -1.16. The van der Waals surface area contributed by atoms with E-state index < -0.39 is 42.7 Å². The molecule has 6 atom stereocenters. The summed E-state index contributed by atoms with van der Waals surface area (Å²) < 4.78 is 30.0. The topological polar surface area (TPSA) is 174 Å². The van der Waals surface area contributed by atoms with Crippen LogP contribution in [0.1, 0.15) is 80.0 Å². The maximum absolute atomic E-state index is 14.0. The predicted octanol–water partition coefficient (Wildman–Crippen LogP) is 2.71. The van der Waals surface area contributed by atoms with Crippen molar-refractivity contribution in [2.75, 3.05) is 60.2 Å². The molecule has 0 bridgehead atoms. The van der Waals surface area contributed by atoms with E-state index in [2.05, 4.69) is 9.89 Å². The molecule has 0 spiro atoms. The van der Waals surface area contributed by atoms with Crippen molar-refractivity contribution in [3.8, 4) is 17.2 Å². The highest BCUT2D eigenvalue weighted by Gasteiger charge is 2.55. The van der Waals surface area contributed by atoms with Crippen molar-refractivity contribution in [3.05, 3.63) is 67.9 Å². The zero-order valence-corrected chi connectivity index (χ0v) is 33.6. The first kappa shape index (κ1) is 40.4. The summed E-state index contributed by atoms with van der Waals surface area (Å²) in [6, 6.07) is 5.72. The number of aliphatic hydroxyl groups excluding tert-OH is 2. The minimum Gasteiger partial charge on any atom is -0.496 e. The van der Waals surface area contributed by atoms with Gasteiger partial charge in [-0.25, -0.2) is 4.79 Å². The number of hydrogen-bond acceptors (Lipinski definition) is 13. The summed E-state index contributed by atoms with van der Waals surface area (Å²) in [6.45, 7) is 4.67. The number of fused-ring (bicyclic) bond motifs is 4. The lowest BCUT2D eigenvalue weighted by atomic mass is 9.63. The lowest BCUT2D eigenvalue weighted by molar-refractivity contribution is -0.151. The van der Waals surface area contributed by atoms with Crippen LogP contribution in [0.5, 0.6) is 17.2 Å². The van der Waals surface area contributed by atoms with Crippen molar-refractivity contribution < 1.29 is 53.4 Å². The Bertz CT molecular complexity index is 2180. The standard InChI is InChI=1S/C45H54N2O11/c1-4-56-44(52)43-32(23-49)37(28-18-29(22-48)39(51)30(19-28)25-8-9-35-26(17-25)10-13-46-35)38-41(55-3)31-20-36(57-40(31)33(24-50)42(38)58-43)45(53)12-5-7-27-21-47(14-6-16-54-2)15-11-34(27)45/h8-10,17,23,27,29-30,34,36,48,50,53H,4-7,11-16,18-22,24H2,1-3H3/b37-28-/t27-,29+,30+,34-,36-,45+/m0/s1. The SMILES string of the molecule is CCOC(=O)C1=C(C=O)/C(=C2\C[C@H](CO)C(=O)[C@@H](c3ccc4c(c3)=CCN=4)C2)c2c(OC)c3c(c(CO)c2O1)O[C@H]([C@@]1(O)CCC[C@H]2CN(CCCOC)CC[C@@H]21)C3. The summed E-state index contributed by atoms with van der Waals surface area (Å²) in [5, 5.41) is 36.2. The van der Waals surface area contributed by atoms with Gasteiger partial charge in [0.1, 0.15) is 34.7 Å². The van der Waals surface area contributed by atoms with E-state index in [0.29, 0.717) is 65.5 Å². The highest BCUT2D eigenvalue weighted by atomic mass is 16.6. The Hall–Kier alpha value is -4.40. The summed E-state index contributed by atoms with van der Waals surface area (Å²) in [5.41, 5.74) is 1.74. The number of methoxy groups -OCH3 is 2. The average Bonchev–Trinajstić information content (AvgIpc) is 3.90. The molecule has 0 amide bonds. The fourth-order valence-corrected chi connectivity index (χ4v) is 10.7. The van der Waals surface area contributed by atoms with E-state index in [1.165, 1.54) is 7.11 Å². The van der Waals surface area contributed by atoms with Gasteiger partial charge in [-0.3, -0.25) is 14.6 Å². The number of benzene rings is 2. The third-order valence-electron chi connectivity index (χ3n) is 13.4. The molecule has 2 aliphatic carbocycles. The number of esters is 1. The molecule has 3 fully saturated rings. The normalized spacial score (nSPS) is 28.9.